The number of pyridine rings is 1. The van der Waals surface area contributed by atoms with Crippen molar-refractivity contribution in [2.75, 3.05) is 5.32 Å². The van der Waals surface area contributed by atoms with Gasteiger partial charge in [0.15, 0.2) is 0 Å². The maximum absolute atomic E-state index is 12.2. The number of fused-ring (bicyclic) bond motifs is 1. The van der Waals surface area contributed by atoms with Gasteiger partial charge in [0.2, 0.25) is 5.91 Å². The monoisotopic (exact) mass is 347 g/mol. The summed E-state index contributed by atoms with van der Waals surface area (Å²) >= 11 is 7.31. The van der Waals surface area contributed by atoms with E-state index in [0.29, 0.717) is 15.6 Å². The molecule has 1 aliphatic carbocycles. The third-order valence-corrected chi connectivity index (χ3v) is 5.23. The molecular formula is C16H14ClN3O2S. The highest BCUT2D eigenvalue weighted by atomic mass is 35.5. The van der Waals surface area contributed by atoms with Crippen molar-refractivity contribution < 1.29 is 4.79 Å². The van der Waals surface area contributed by atoms with E-state index < -0.39 is 0 Å². The molecule has 0 unspecified atom stereocenters. The predicted molar refractivity (Wildman–Crippen MR) is 90.0 cm³/mol. The van der Waals surface area contributed by atoms with E-state index >= 15 is 0 Å². The van der Waals surface area contributed by atoms with Gasteiger partial charge in [0.1, 0.15) is 17.6 Å². The van der Waals surface area contributed by atoms with Gasteiger partial charge >= 0.3 is 0 Å². The maximum Gasteiger partial charge on any atom is 0.251 e. The fourth-order valence-electron chi connectivity index (χ4n) is 2.72. The van der Waals surface area contributed by atoms with E-state index in [4.69, 9.17) is 11.6 Å². The van der Waals surface area contributed by atoms with Gasteiger partial charge in [-0.05, 0) is 37.3 Å². The van der Waals surface area contributed by atoms with Gasteiger partial charge in [-0.25, -0.2) is 0 Å². The number of amides is 1. The summed E-state index contributed by atoms with van der Waals surface area (Å²) in [4.78, 5) is 25.1. The van der Waals surface area contributed by atoms with E-state index in [9.17, 15) is 14.9 Å². The van der Waals surface area contributed by atoms with E-state index in [1.807, 2.05) is 0 Å². The van der Waals surface area contributed by atoms with E-state index in [1.54, 1.807) is 0 Å². The molecule has 1 aliphatic rings. The van der Waals surface area contributed by atoms with Crippen molar-refractivity contribution in [2.45, 2.75) is 32.2 Å². The molecule has 7 heteroatoms. The molecule has 0 radical (unpaired) electrons. The number of thiophene rings is 1. The van der Waals surface area contributed by atoms with Crippen LogP contribution in [0.5, 0.6) is 0 Å². The lowest BCUT2D eigenvalue weighted by molar-refractivity contribution is -0.116. The molecule has 2 heterocycles. The van der Waals surface area contributed by atoms with E-state index in [1.165, 1.54) is 39.1 Å². The number of carbonyl (C=O) groups excluding carboxylic acids is 1. The first-order valence-corrected chi connectivity index (χ1v) is 8.48. The van der Waals surface area contributed by atoms with Gasteiger partial charge in [-0.1, -0.05) is 11.6 Å². The van der Waals surface area contributed by atoms with Crippen LogP contribution in [0.3, 0.4) is 0 Å². The number of rotatable bonds is 3. The molecule has 2 aromatic heterocycles. The molecule has 0 bridgehead atoms. The van der Waals surface area contributed by atoms with Crippen LogP contribution in [-0.2, 0) is 24.2 Å². The van der Waals surface area contributed by atoms with E-state index in [-0.39, 0.29) is 18.0 Å². The van der Waals surface area contributed by atoms with E-state index in [2.05, 4.69) is 11.4 Å². The minimum absolute atomic E-state index is 0.132. The van der Waals surface area contributed by atoms with Crippen LogP contribution in [0.1, 0.15) is 28.8 Å². The highest BCUT2D eigenvalue weighted by Crippen LogP contribution is 2.37. The lowest BCUT2D eigenvalue weighted by Gasteiger charge is -2.09. The minimum Gasteiger partial charge on any atom is -0.315 e. The van der Waals surface area contributed by atoms with Crippen LogP contribution in [-0.4, -0.2) is 10.5 Å². The van der Waals surface area contributed by atoms with Crippen LogP contribution in [0.4, 0.5) is 5.00 Å². The summed E-state index contributed by atoms with van der Waals surface area (Å²) in [5.41, 5.74) is 1.34. The molecule has 1 N–H and O–H groups in total. The number of nitrogens with one attached hydrogen (secondary N) is 1. The van der Waals surface area contributed by atoms with Gasteiger partial charge in [0.25, 0.3) is 5.56 Å². The van der Waals surface area contributed by atoms with Crippen LogP contribution in [0.15, 0.2) is 23.1 Å². The zero-order valence-corrected chi connectivity index (χ0v) is 13.8. The smallest absolute Gasteiger partial charge is 0.251 e. The minimum atomic E-state index is -0.343. The molecule has 23 heavy (non-hydrogen) atoms. The third kappa shape index (κ3) is 3.31. The Kier molecular flexibility index (Phi) is 4.51. The quantitative estimate of drug-likeness (QED) is 0.927. The van der Waals surface area contributed by atoms with Crippen molar-refractivity contribution in [2.24, 2.45) is 0 Å². The fraction of sp³-hybridized carbons (Fsp3) is 0.312. The third-order valence-electron chi connectivity index (χ3n) is 3.80. The number of hydrogen-bond donors (Lipinski definition) is 1. The van der Waals surface area contributed by atoms with Crippen LogP contribution in [0, 0.1) is 11.3 Å². The van der Waals surface area contributed by atoms with Gasteiger partial charge in [0.05, 0.1) is 10.6 Å². The zero-order valence-electron chi connectivity index (χ0n) is 12.3. The summed E-state index contributed by atoms with van der Waals surface area (Å²) in [7, 11) is 0. The lowest BCUT2D eigenvalue weighted by Crippen LogP contribution is -2.26. The summed E-state index contributed by atoms with van der Waals surface area (Å²) < 4.78 is 1.25. The maximum atomic E-state index is 12.2. The van der Waals surface area contributed by atoms with Crippen molar-refractivity contribution in [1.82, 2.24) is 4.57 Å². The van der Waals surface area contributed by atoms with Crippen molar-refractivity contribution in [3.8, 4) is 6.07 Å². The molecule has 0 aliphatic heterocycles. The molecule has 0 saturated carbocycles. The van der Waals surface area contributed by atoms with Gasteiger partial charge in [-0.2, -0.15) is 5.26 Å². The highest BCUT2D eigenvalue weighted by molar-refractivity contribution is 7.16. The largest absolute Gasteiger partial charge is 0.315 e. The Labute approximate surface area is 142 Å². The number of aromatic nitrogens is 1. The number of anilines is 1. The Balaban J connectivity index is 1.81. The number of halogens is 1. The Morgan fingerprint density at radius 1 is 1.39 bits per heavy atom. The first-order chi connectivity index (χ1) is 11.1. The first-order valence-electron chi connectivity index (χ1n) is 7.29. The van der Waals surface area contributed by atoms with Crippen LogP contribution in [0.2, 0.25) is 5.02 Å². The predicted octanol–water partition coefficient (Wildman–Crippen LogP) is 2.95. The summed E-state index contributed by atoms with van der Waals surface area (Å²) in [5.74, 6) is -0.343. The molecule has 0 fully saturated rings. The molecule has 2 aromatic rings. The number of carbonyl (C=O) groups is 1. The Hall–Kier alpha value is -2.10. The molecule has 1 amide bonds. The van der Waals surface area contributed by atoms with Crippen LogP contribution < -0.4 is 10.9 Å². The summed E-state index contributed by atoms with van der Waals surface area (Å²) in [6.45, 7) is -0.132. The molecule has 0 atom stereocenters. The average Bonchev–Trinajstić information content (AvgIpc) is 2.87. The van der Waals surface area contributed by atoms with Crippen molar-refractivity contribution in [1.29, 1.82) is 5.26 Å². The molecule has 118 valence electrons. The standard InChI is InChI=1S/C16H14ClN3O2S/c17-10-5-6-15(22)20(8-10)9-14(21)19-16-12(7-18)11-3-1-2-4-13(11)23-16/h5-6,8H,1-4,9H2,(H,19,21). The molecule has 5 nitrogen and oxygen atoms in total. The first kappa shape index (κ1) is 15.8. The number of hydrogen-bond acceptors (Lipinski definition) is 4. The van der Waals surface area contributed by atoms with Gasteiger partial charge < -0.3 is 9.88 Å². The summed E-state index contributed by atoms with van der Waals surface area (Å²) in [6, 6.07) is 5.00. The second kappa shape index (κ2) is 6.57. The fourth-order valence-corrected chi connectivity index (χ4v) is 4.16. The second-order valence-electron chi connectivity index (χ2n) is 5.39. The van der Waals surface area contributed by atoms with Crippen molar-refractivity contribution >= 4 is 33.8 Å². The number of nitriles is 1. The zero-order chi connectivity index (χ0) is 16.4. The highest BCUT2D eigenvalue weighted by Gasteiger charge is 2.21. The Morgan fingerprint density at radius 3 is 2.96 bits per heavy atom. The molecule has 0 spiro atoms. The molecule has 3 rings (SSSR count). The van der Waals surface area contributed by atoms with Gasteiger partial charge in [0, 0.05) is 17.1 Å². The Morgan fingerprint density at radius 2 is 2.17 bits per heavy atom. The van der Waals surface area contributed by atoms with Crippen LogP contribution in [0.25, 0.3) is 0 Å². The molecular weight excluding hydrogens is 334 g/mol. The summed E-state index contributed by atoms with van der Waals surface area (Å²) in [5, 5.41) is 13.1. The Bertz CT molecular complexity index is 863. The molecule has 0 aromatic carbocycles. The number of aryl methyl sites for hydroxylation is 1. The topological polar surface area (TPSA) is 74.9 Å². The number of nitrogens with zero attached hydrogens (tertiary/aromatic N) is 2. The molecule has 0 saturated heterocycles. The van der Waals surface area contributed by atoms with Crippen LogP contribution >= 0.6 is 22.9 Å². The van der Waals surface area contributed by atoms with Crippen molar-refractivity contribution in [3.63, 3.8) is 0 Å². The SMILES string of the molecule is N#Cc1c(NC(=O)Cn2cc(Cl)ccc2=O)sc2c1CCCC2. The summed E-state index contributed by atoms with van der Waals surface area (Å²) in [6.07, 6.45) is 5.46. The van der Waals surface area contributed by atoms with Gasteiger partial charge in [-0.3, -0.25) is 9.59 Å². The lowest BCUT2D eigenvalue weighted by atomic mass is 9.96. The average molecular weight is 348 g/mol. The van der Waals surface area contributed by atoms with Gasteiger partial charge in [-0.15, -0.1) is 11.3 Å². The second-order valence-corrected chi connectivity index (χ2v) is 6.93. The van der Waals surface area contributed by atoms with E-state index in [0.717, 1.165) is 31.2 Å². The van der Waals surface area contributed by atoms with Crippen molar-refractivity contribution in [3.05, 3.63) is 49.7 Å². The normalized spacial score (nSPS) is 13.2.